The van der Waals surface area contributed by atoms with Gasteiger partial charge in [-0.1, -0.05) is 12.1 Å². The average Bonchev–Trinajstić information content (AvgIpc) is 2.97. The summed E-state index contributed by atoms with van der Waals surface area (Å²) in [4.78, 5) is 63.9. The van der Waals surface area contributed by atoms with Crippen LogP contribution in [0.5, 0.6) is 0 Å². The number of hydrogen-bond acceptors (Lipinski definition) is 9. The van der Waals surface area contributed by atoms with E-state index in [9.17, 15) is 19.2 Å². The number of carbonyl (C=O) groups excluding carboxylic acids is 4. The molecule has 3 saturated carbocycles. The van der Waals surface area contributed by atoms with Crippen LogP contribution in [-0.4, -0.2) is 56.7 Å². The minimum absolute atomic E-state index is 0.0633. The summed E-state index contributed by atoms with van der Waals surface area (Å²) in [6, 6.07) is 12.2. The van der Waals surface area contributed by atoms with Crippen molar-refractivity contribution >= 4 is 35.2 Å². The van der Waals surface area contributed by atoms with Crippen molar-refractivity contribution in [3.8, 4) is 11.3 Å². The number of amides is 2. The number of benzene rings is 1. The van der Waals surface area contributed by atoms with Gasteiger partial charge in [-0.25, -0.2) is 9.97 Å². The molecular formula is C31H30N6O5. The third-order valence-electron chi connectivity index (χ3n) is 8.31. The van der Waals surface area contributed by atoms with Crippen molar-refractivity contribution in [2.45, 2.75) is 50.1 Å². The van der Waals surface area contributed by atoms with Gasteiger partial charge >= 0.3 is 5.97 Å². The lowest BCUT2D eigenvalue weighted by Gasteiger charge is -2.70. The summed E-state index contributed by atoms with van der Waals surface area (Å²) in [6.45, 7) is 1.64. The standard InChI is InChI=1S/C31H30N6O5/c1-29(27(41)42-2)10-8-24(38)22(14-29)26(40)34-21-7-3-5-19(13-21)25(39)36-30-16-31(17-30,18-30)37-28-33-12-9-23(35-28)20-6-4-11-32-15-20/h3-7,9,11-15H,8,10,16-18H2,1-2H3,(H,34,40)(H,36,39)(H,33,35,37)/t29-,30?,31?/m1/s1. The van der Waals surface area contributed by atoms with Gasteiger partial charge in [0.1, 0.15) is 0 Å². The SMILES string of the molecule is COC(=O)[C@@]1(C)C=C(C(=O)Nc2cccc(C(=O)NC34CC(Nc5nccc(-c6cccnc6)n5)(C3)C4)c2)C(=O)CC1. The van der Waals surface area contributed by atoms with E-state index in [0.29, 0.717) is 17.2 Å². The van der Waals surface area contributed by atoms with E-state index in [2.05, 4.69) is 30.9 Å². The molecule has 0 unspecified atom stereocenters. The van der Waals surface area contributed by atoms with Gasteiger partial charge in [-0.15, -0.1) is 0 Å². The summed E-state index contributed by atoms with van der Waals surface area (Å²) in [7, 11) is 1.27. The number of pyridine rings is 1. The van der Waals surface area contributed by atoms with Crippen LogP contribution in [0.4, 0.5) is 11.6 Å². The van der Waals surface area contributed by atoms with E-state index in [0.717, 1.165) is 30.5 Å². The highest BCUT2D eigenvalue weighted by molar-refractivity contribution is 6.24. The van der Waals surface area contributed by atoms with Crippen LogP contribution in [0.2, 0.25) is 0 Å². The second-order valence-electron chi connectivity index (χ2n) is 11.6. The van der Waals surface area contributed by atoms with E-state index < -0.39 is 17.3 Å². The van der Waals surface area contributed by atoms with Crippen LogP contribution < -0.4 is 16.0 Å². The fourth-order valence-electron chi connectivity index (χ4n) is 6.20. The lowest BCUT2D eigenvalue weighted by atomic mass is 9.44. The average molecular weight is 567 g/mol. The van der Waals surface area contributed by atoms with Crippen LogP contribution in [0.25, 0.3) is 11.3 Å². The van der Waals surface area contributed by atoms with E-state index in [4.69, 9.17) is 4.74 Å². The number of nitrogens with one attached hydrogen (secondary N) is 3. The van der Waals surface area contributed by atoms with E-state index in [-0.39, 0.29) is 41.2 Å². The largest absolute Gasteiger partial charge is 0.468 e. The number of Topliss-reactive ketones (excluding diaryl/α,β-unsaturated/α-hetero) is 1. The molecule has 214 valence electrons. The highest BCUT2D eigenvalue weighted by atomic mass is 16.5. The van der Waals surface area contributed by atoms with E-state index in [1.54, 1.807) is 49.8 Å². The molecule has 3 aromatic rings. The van der Waals surface area contributed by atoms with Gasteiger partial charge < -0.3 is 20.7 Å². The molecule has 2 aromatic heterocycles. The van der Waals surface area contributed by atoms with Gasteiger partial charge in [-0.05, 0) is 69.0 Å². The molecule has 0 radical (unpaired) electrons. The Morgan fingerprint density at radius 1 is 0.976 bits per heavy atom. The minimum Gasteiger partial charge on any atom is -0.468 e. The van der Waals surface area contributed by atoms with Crippen molar-refractivity contribution in [2.75, 3.05) is 17.7 Å². The number of methoxy groups -OCH3 is 1. The number of anilines is 2. The van der Waals surface area contributed by atoms with Crippen molar-refractivity contribution in [3.05, 3.63) is 78.3 Å². The second kappa shape index (κ2) is 10.2. The Morgan fingerprint density at radius 3 is 2.52 bits per heavy atom. The Bertz CT molecular complexity index is 1620. The smallest absolute Gasteiger partial charge is 0.315 e. The Balaban J connectivity index is 1.07. The third kappa shape index (κ3) is 5.02. The number of hydrogen-bond donors (Lipinski definition) is 3. The van der Waals surface area contributed by atoms with Crippen LogP contribution in [0.3, 0.4) is 0 Å². The van der Waals surface area contributed by atoms with E-state index in [1.807, 2.05) is 18.2 Å². The van der Waals surface area contributed by atoms with E-state index in [1.165, 1.54) is 13.2 Å². The van der Waals surface area contributed by atoms with Crippen LogP contribution in [0.15, 0.2) is 72.7 Å². The number of ketones is 1. The van der Waals surface area contributed by atoms with Crippen LogP contribution in [-0.2, 0) is 19.1 Å². The first-order chi connectivity index (χ1) is 20.1. The van der Waals surface area contributed by atoms with Gasteiger partial charge in [0.05, 0.1) is 23.8 Å². The molecule has 42 heavy (non-hydrogen) atoms. The van der Waals surface area contributed by atoms with Crippen LogP contribution in [0, 0.1) is 5.41 Å². The zero-order valence-corrected chi connectivity index (χ0v) is 23.3. The second-order valence-corrected chi connectivity index (χ2v) is 11.6. The fraction of sp³-hybridized carbons (Fsp3) is 0.323. The third-order valence-corrected chi connectivity index (χ3v) is 8.31. The quantitative estimate of drug-likeness (QED) is 0.275. The van der Waals surface area contributed by atoms with Crippen molar-refractivity contribution in [1.29, 1.82) is 0 Å². The molecule has 3 fully saturated rings. The van der Waals surface area contributed by atoms with Gasteiger partial charge in [0.2, 0.25) is 5.95 Å². The highest BCUT2D eigenvalue weighted by Crippen LogP contribution is 2.61. The number of rotatable bonds is 8. The molecule has 3 N–H and O–H groups in total. The van der Waals surface area contributed by atoms with Gasteiger partial charge in [0.25, 0.3) is 11.8 Å². The molecule has 2 amide bonds. The zero-order chi connectivity index (χ0) is 29.5. The molecule has 0 spiro atoms. The van der Waals surface area contributed by atoms with Crippen molar-refractivity contribution in [1.82, 2.24) is 20.3 Å². The minimum atomic E-state index is -1.06. The molecule has 0 aliphatic heterocycles. The lowest BCUT2D eigenvalue weighted by molar-refractivity contribution is -0.149. The molecule has 0 saturated heterocycles. The first kappa shape index (κ1) is 27.3. The van der Waals surface area contributed by atoms with Crippen molar-refractivity contribution in [2.24, 2.45) is 5.41 Å². The van der Waals surface area contributed by atoms with Crippen molar-refractivity contribution in [3.63, 3.8) is 0 Å². The summed E-state index contributed by atoms with van der Waals surface area (Å²) in [5, 5.41) is 9.29. The Labute approximate surface area is 242 Å². The van der Waals surface area contributed by atoms with Gasteiger partial charge in [0, 0.05) is 52.9 Å². The van der Waals surface area contributed by atoms with Crippen LogP contribution >= 0.6 is 0 Å². The molecule has 11 heteroatoms. The zero-order valence-electron chi connectivity index (χ0n) is 23.3. The van der Waals surface area contributed by atoms with Gasteiger partial charge in [-0.3, -0.25) is 24.2 Å². The Kier molecular flexibility index (Phi) is 6.59. The Hall–Kier alpha value is -4.93. The molecule has 2 heterocycles. The van der Waals surface area contributed by atoms with Gasteiger partial charge in [-0.2, -0.15) is 0 Å². The number of carbonyl (C=O) groups is 4. The normalized spacial score (nSPS) is 25.7. The number of ether oxygens (including phenoxy) is 1. The number of esters is 1. The van der Waals surface area contributed by atoms with Crippen molar-refractivity contribution < 1.29 is 23.9 Å². The monoisotopic (exact) mass is 566 g/mol. The summed E-state index contributed by atoms with van der Waals surface area (Å²) in [6.07, 6.45) is 9.14. The number of aromatic nitrogens is 3. The first-order valence-electron chi connectivity index (χ1n) is 13.7. The van der Waals surface area contributed by atoms with Crippen LogP contribution in [0.1, 0.15) is 49.4 Å². The summed E-state index contributed by atoms with van der Waals surface area (Å²) in [5.41, 5.74) is 0.833. The fourth-order valence-corrected chi connectivity index (χ4v) is 6.20. The molecule has 4 aliphatic rings. The topological polar surface area (TPSA) is 152 Å². The molecule has 1 atom stereocenters. The molecule has 11 nitrogen and oxygen atoms in total. The number of nitrogens with zero attached hydrogens (tertiary/aromatic N) is 3. The predicted molar refractivity (Wildman–Crippen MR) is 153 cm³/mol. The molecule has 1 aromatic carbocycles. The summed E-state index contributed by atoms with van der Waals surface area (Å²) in [5.74, 6) is -1.19. The lowest BCUT2D eigenvalue weighted by Crippen LogP contribution is -2.81. The molecule has 7 rings (SSSR count). The molecular weight excluding hydrogens is 536 g/mol. The summed E-state index contributed by atoms with van der Waals surface area (Å²) < 4.78 is 4.85. The van der Waals surface area contributed by atoms with E-state index >= 15 is 0 Å². The first-order valence-corrected chi connectivity index (χ1v) is 13.7. The van der Waals surface area contributed by atoms with Gasteiger partial charge in [0.15, 0.2) is 5.78 Å². The molecule has 4 aliphatic carbocycles. The highest BCUT2D eigenvalue weighted by Gasteiger charge is 2.69. The maximum atomic E-state index is 13.1. The maximum Gasteiger partial charge on any atom is 0.315 e. The molecule has 2 bridgehead atoms. The predicted octanol–water partition coefficient (Wildman–Crippen LogP) is 3.46. The Morgan fingerprint density at radius 2 is 1.79 bits per heavy atom. The summed E-state index contributed by atoms with van der Waals surface area (Å²) >= 11 is 0. The maximum absolute atomic E-state index is 13.1.